The van der Waals surface area contributed by atoms with Crippen molar-refractivity contribution in [1.29, 1.82) is 0 Å². The van der Waals surface area contributed by atoms with Gasteiger partial charge in [-0.05, 0) is 17.5 Å². The topological polar surface area (TPSA) is 121 Å². The first-order valence-electron chi connectivity index (χ1n) is 10.2. The van der Waals surface area contributed by atoms with Crippen LogP contribution in [0.15, 0.2) is 39.3 Å². The van der Waals surface area contributed by atoms with Crippen LogP contribution in [-0.2, 0) is 16.4 Å². The number of anilines is 1. The molecule has 0 spiro atoms. The Morgan fingerprint density at radius 2 is 1.97 bits per heavy atom. The number of aromatic nitrogens is 3. The van der Waals surface area contributed by atoms with Gasteiger partial charge in [0.05, 0.1) is 10.4 Å². The lowest BCUT2D eigenvalue weighted by molar-refractivity contribution is 0.174. The first-order chi connectivity index (χ1) is 15.0. The van der Waals surface area contributed by atoms with Crippen molar-refractivity contribution in [2.45, 2.75) is 42.3 Å². The van der Waals surface area contributed by atoms with Gasteiger partial charge in [0.25, 0.3) is 0 Å². The van der Waals surface area contributed by atoms with Crippen LogP contribution in [0.2, 0.25) is 0 Å². The molecule has 1 aliphatic rings. The summed E-state index contributed by atoms with van der Waals surface area (Å²) in [5.74, 6) is 1.26. The molecule has 2 aromatic heterocycles. The minimum atomic E-state index is -3.51. The second-order valence-corrected chi connectivity index (χ2v) is 11.9. The summed E-state index contributed by atoms with van der Waals surface area (Å²) in [4.78, 5) is 9.53. The molecule has 1 aromatic carbocycles. The number of nitrogens with two attached hydrogens (primary N) is 1. The van der Waals surface area contributed by atoms with Crippen molar-refractivity contribution in [1.82, 2.24) is 19.9 Å². The molecular formula is C21H27N5O4S2. The summed E-state index contributed by atoms with van der Waals surface area (Å²) in [5.41, 5.74) is 7.68. The van der Waals surface area contributed by atoms with Gasteiger partial charge in [-0.25, -0.2) is 18.4 Å². The SMILES string of the molecule is CC(C)(C)CNCCn1c(Sc2cc3c(cc2S(C)(=O)=O)OCO3)nc2c(N)nccc21. The van der Waals surface area contributed by atoms with E-state index in [1.807, 2.05) is 10.6 Å². The van der Waals surface area contributed by atoms with Crippen LogP contribution in [0.25, 0.3) is 11.0 Å². The Morgan fingerprint density at radius 1 is 1.25 bits per heavy atom. The molecule has 3 N–H and O–H groups in total. The zero-order valence-corrected chi connectivity index (χ0v) is 20.1. The number of hydrogen-bond donors (Lipinski definition) is 2. The highest BCUT2D eigenvalue weighted by molar-refractivity contribution is 8.00. The van der Waals surface area contributed by atoms with E-state index in [1.54, 1.807) is 12.3 Å². The molecule has 172 valence electrons. The van der Waals surface area contributed by atoms with E-state index in [4.69, 9.17) is 20.2 Å². The second-order valence-electron chi connectivity index (χ2n) is 8.87. The van der Waals surface area contributed by atoms with Gasteiger partial charge in [0.1, 0.15) is 5.52 Å². The number of nitrogens with zero attached hydrogens (tertiary/aromatic N) is 3. The quantitative estimate of drug-likeness (QED) is 0.495. The van der Waals surface area contributed by atoms with Crippen molar-refractivity contribution in [3.8, 4) is 11.5 Å². The van der Waals surface area contributed by atoms with E-state index in [0.717, 1.165) is 18.6 Å². The molecule has 4 rings (SSSR count). The molecule has 0 atom stereocenters. The summed E-state index contributed by atoms with van der Waals surface area (Å²) in [6.45, 7) is 8.81. The number of sulfone groups is 1. The van der Waals surface area contributed by atoms with E-state index in [1.165, 1.54) is 24.1 Å². The molecule has 0 saturated carbocycles. The van der Waals surface area contributed by atoms with Crippen LogP contribution in [-0.4, -0.2) is 49.1 Å². The van der Waals surface area contributed by atoms with E-state index < -0.39 is 9.84 Å². The van der Waals surface area contributed by atoms with Crippen molar-refractivity contribution in [2.75, 3.05) is 31.9 Å². The predicted molar refractivity (Wildman–Crippen MR) is 124 cm³/mol. The van der Waals surface area contributed by atoms with Gasteiger partial charge in [0, 0.05) is 43.0 Å². The molecule has 1 aliphatic heterocycles. The number of benzene rings is 1. The molecule has 0 amide bonds. The summed E-state index contributed by atoms with van der Waals surface area (Å²) in [7, 11) is -3.51. The monoisotopic (exact) mass is 477 g/mol. The molecule has 32 heavy (non-hydrogen) atoms. The minimum absolute atomic E-state index is 0.0623. The highest BCUT2D eigenvalue weighted by Gasteiger charge is 2.25. The summed E-state index contributed by atoms with van der Waals surface area (Å²) in [6, 6.07) is 5.06. The fraction of sp³-hybridized carbons (Fsp3) is 0.429. The van der Waals surface area contributed by atoms with Crippen LogP contribution >= 0.6 is 11.8 Å². The molecule has 9 nitrogen and oxygen atoms in total. The maximum Gasteiger partial charge on any atom is 0.231 e. The van der Waals surface area contributed by atoms with Gasteiger partial charge in [-0.3, -0.25) is 0 Å². The molecule has 0 saturated heterocycles. The summed E-state index contributed by atoms with van der Waals surface area (Å²) < 4.78 is 37.8. The van der Waals surface area contributed by atoms with Crippen LogP contribution in [0.1, 0.15) is 20.8 Å². The molecular weight excluding hydrogens is 450 g/mol. The van der Waals surface area contributed by atoms with Crippen molar-refractivity contribution in [2.24, 2.45) is 5.41 Å². The number of nitrogens with one attached hydrogen (secondary N) is 1. The van der Waals surface area contributed by atoms with E-state index in [2.05, 4.69) is 31.1 Å². The normalized spacial score (nSPS) is 13.8. The number of imidazole rings is 1. The van der Waals surface area contributed by atoms with Crippen LogP contribution < -0.4 is 20.5 Å². The number of ether oxygens (including phenoxy) is 2. The zero-order valence-electron chi connectivity index (χ0n) is 18.5. The minimum Gasteiger partial charge on any atom is -0.454 e. The van der Waals surface area contributed by atoms with Crippen LogP contribution in [0.3, 0.4) is 0 Å². The molecule has 3 aromatic rings. The van der Waals surface area contributed by atoms with Crippen LogP contribution in [0.4, 0.5) is 5.82 Å². The fourth-order valence-electron chi connectivity index (χ4n) is 3.37. The van der Waals surface area contributed by atoms with Gasteiger partial charge in [-0.2, -0.15) is 0 Å². The lowest BCUT2D eigenvalue weighted by atomic mass is 9.97. The Kier molecular flexibility index (Phi) is 5.99. The Balaban J connectivity index is 1.73. The standard InChI is InChI=1S/C21H27N5O4S2/c1-21(2,3)11-23-7-8-26-13-5-6-24-19(22)18(13)25-20(26)31-16-9-14-15(30-12-29-14)10-17(16)32(4,27)28/h5-6,9-10,23H,7-8,11-12H2,1-4H3,(H2,22,24). The second kappa shape index (κ2) is 8.45. The molecule has 0 fully saturated rings. The average Bonchev–Trinajstić information content (AvgIpc) is 3.28. The number of nitrogen functional groups attached to an aromatic ring is 1. The highest BCUT2D eigenvalue weighted by atomic mass is 32.2. The van der Waals surface area contributed by atoms with Gasteiger partial charge in [0.2, 0.25) is 6.79 Å². The van der Waals surface area contributed by atoms with E-state index in [-0.39, 0.29) is 17.1 Å². The average molecular weight is 478 g/mol. The van der Waals surface area contributed by atoms with Crippen LogP contribution in [0.5, 0.6) is 11.5 Å². The van der Waals surface area contributed by atoms with Crippen molar-refractivity contribution >= 4 is 38.5 Å². The Bertz CT molecular complexity index is 1270. The molecule has 0 radical (unpaired) electrons. The summed E-state index contributed by atoms with van der Waals surface area (Å²) in [5, 5.41) is 4.09. The molecule has 0 unspecified atom stereocenters. The Morgan fingerprint density at radius 3 is 2.66 bits per heavy atom. The van der Waals surface area contributed by atoms with Crippen molar-refractivity contribution in [3.63, 3.8) is 0 Å². The van der Waals surface area contributed by atoms with E-state index in [9.17, 15) is 8.42 Å². The third kappa shape index (κ3) is 4.79. The maximum absolute atomic E-state index is 12.5. The van der Waals surface area contributed by atoms with E-state index in [0.29, 0.717) is 39.4 Å². The zero-order chi connectivity index (χ0) is 23.1. The fourth-order valence-corrected chi connectivity index (χ4v) is 5.66. The molecule has 0 aliphatic carbocycles. The lowest BCUT2D eigenvalue weighted by Crippen LogP contribution is -2.29. The smallest absolute Gasteiger partial charge is 0.231 e. The van der Waals surface area contributed by atoms with Crippen LogP contribution in [0, 0.1) is 5.41 Å². The number of pyridine rings is 1. The highest BCUT2D eigenvalue weighted by Crippen LogP contribution is 2.43. The predicted octanol–water partition coefficient (Wildman–Crippen LogP) is 2.93. The van der Waals surface area contributed by atoms with Crippen molar-refractivity contribution in [3.05, 3.63) is 24.4 Å². The van der Waals surface area contributed by atoms with Gasteiger partial charge < -0.3 is 25.1 Å². The molecule has 11 heteroatoms. The number of hydrogen-bond acceptors (Lipinski definition) is 9. The lowest BCUT2D eigenvalue weighted by Gasteiger charge is -2.19. The van der Waals surface area contributed by atoms with Gasteiger partial charge in [-0.1, -0.05) is 32.5 Å². The summed E-state index contributed by atoms with van der Waals surface area (Å²) >= 11 is 1.26. The number of fused-ring (bicyclic) bond motifs is 2. The first kappa shape index (κ1) is 22.7. The van der Waals surface area contributed by atoms with Crippen molar-refractivity contribution < 1.29 is 17.9 Å². The Labute approximate surface area is 191 Å². The maximum atomic E-state index is 12.5. The molecule has 3 heterocycles. The first-order valence-corrected chi connectivity index (χ1v) is 12.9. The van der Waals surface area contributed by atoms with E-state index >= 15 is 0 Å². The third-order valence-electron chi connectivity index (χ3n) is 4.87. The largest absolute Gasteiger partial charge is 0.454 e. The number of rotatable bonds is 7. The molecule has 0 bridgehead atoms. The third-order valence-corrected chi connectivity index (χ3v) is 7.19. The van der Waals surface area contributed by atoms with Gasteiger partial charge >= 0.3 is 0 Å². The summed E-state index contributed by atoms with van der Waals surface area (Å²) in [6.07, 6.45) is 2.82. The van der Waals surface area contributed by atoms with Gasteiger partial charge in [0.15, 0.2) is 32.3 Å². The Hall–Kier alpha value is -2.50. The van der Waals surface area contributed by atoms with Gasteiger partial charge in [-0.15, -0.1) is 0 Å².